The number of nitrogen functional groups attached to an aromatic ring is 1. The van der Waals surface area contributed by atoms with Gasteiger partial charge in [-0.25, -0.2) is 0 Å². The minimum Gasteiger partial charge on any atom is -0.397 e. The topological polar surface area (TPSA) is 29.3 Å². The van der Waals surface area contributed by atoms with Crippen molar-refractivity contribution in [3.8, 4) is 0 Å². The van der Waals surface area contributed by atoms with E-state index in [0.717, 1.165) is 17.8 Å². The van der Waals surface area contributed by atoms with Gasteiger partial charge in [-0.1, -0.05) is 35.9 Å². The van der Waals surface area contributed by atoms with E-state index in [2.05, 4.69) is 36.1 Å². The lowest BCUT2D eigenvalue weighted by atomic mass is 10.1. The van der Waals surface area contributed by atoms with Gasteiger partial charge in [0.2, 0.25) is 0 Å². The first-order valence-corrected chi connectivity index (χ1v) is 6.47. The summed E-state index contributed by atoms with van der Waals surface area (Å²) in [6.45, 7) is 2.20. The van der Waals surface area contributed by atoms with Crippen LogP contribution in [0.1, 0.15) is 12.5 Å². The van der Waals surface area contributed by atoms with Crippen molar-refractivity contribution in [2.45, 2.75) is 19.4 Å². The van der Waals surface area contributed by atoms with Gasteiger partial charge >= 0.3 is 0 Å². The second kappa shape index (κ2) is 4.21. The molecule has 0 saturated heterocycles. The molecule has 0 fully saturated rings. The summed E-state index contributed by atoms with van der Waals surface area (Å²) in [5.41, 5.74) is 10.3. The number of nitrogens with zero attached hydrogens (tertiary/aromatic N) is 1. The maximum absolute atomic E-state index is 6.32. The third-order valence-electron chi connectivity index (χ3n) is 3.47. The van der Waals surface area contributed by atoms with Crippen molar-refractivity contribution in [2.75, 3.05) is 10.6 Å². The number of hydrogen-bond donors (Lipinski definition) is 1. The van der Waals surface area contributed by atoms with Crippen LogP contribution in [0.25, 0.3) is 0 Å². The Morgan fingerprint density at radius 3 is 2.72 bits per heavy atom. The van der Waals surface area contributed by atoms with Crippen LogP contribution in [0.15, 0.2) is 42.5 Å². The summed E-state index contributed by atoms with van der Waals surface area (Å²) in [6, 6.07) is 14.5. The molecule has 1 aliphatic heterocycles. The normalized spacial score (nSPS) is 17.9. The first-order chi connectivity index (χ1) is 8.68. The van der Waals surface area contributed by atoms with Crippen molar-refractivity contribution >= 4 is 28.7 Å². The van der Waals surface area contributed by atoms with Crippen LogP contribution in [0.4, 0.5) is 17.1 Å². The molecular formula is C15H15ClN2. The molecule has 2 N–H and O–H groups in total. The summed E-state index contributed by atoms with van der Waals surface area (Å²) in [7, 11) is 0. The maximum Gasteiger partial charge on any atom is 0.0836 e. The van der Waals surface area contributed by atoms with E-state index in [0.29, 0.717) is 11.1 Å². The number of para-hydroxylation sites is 2. The highest BCUT2D eigenvalue weighted by Gasteiger charge is 2.29. The average Bonchev–Trinajstić information content (AvgIpc) is 2.66. The molecule has 0 amide bonds. The number of hydrogen-bond acceptors (Lipinski definition) is 2. The van der Waals surface area contributed by atoms with E-state index in [-0.39, 0.29) is 0 Å². The van der Waals surface area contributed by atoms with Crippen molar-refractivity contribution in [3.05, 3.63) is 53.1 Å². The Hall–Kier alpha value is -1.67. The largest absolute Gasteiger partial charge is 0.397 e. The number of fused-ring (bicyclic) bond motifs is 1. The third kappa shape index (κ3) is 1.65. The molecule has 92 valence electrons. The van der Waals surface area contributed by atoms with E-state index in [1.165, 1.54) is 11.3 Å². The molecule has 3 rings (SSSR count). The lowest BCUT2D eigenvalue weighted by Gasteiger charge is -2.27. The summed E-state index contributed by atoms with van der Waals surface area (Å²) in [6.07, 6.45) is 1.03. The fourth-order valence-corrected chi connectivity index (χ4v) is 2.97. The summed E-state index contributed by atoms with van der Waals surface area (Å²) in [5, 5.41) is 0.707. The molecule has 3 heteroatoms. The van der Waals surface area contributed by atoms with Crippen LogP contribution in [0, 0.1) is 0 Å². The monoisotopic (exact) mass is 258 g/mol. The predicted octanol–water partition coefficient (Wildman–Crippen LogP) is 4.00. The summed E-state index contributed by atoms with van der Waals surface area (Å²) in [4.78, 5) is 2.24. The van der Waals surface area contributed by atoms with Crippen LogP contribution in [-0.4, -0.2) is 6.04 Å². The highest BCUT2D eigenvalue weighted by Crippen LogP contribution is 2.43. The predicted molar refractivity (Wildman–Crippen MR) is 77.6 cm³/mol. The quantitative estimate of drug-likeness (QED) is 0.784. The Morgan fingerprint density at radius 1 is 1.17 bits per heavy atom. The van der Waals surface area contributed by atoms with E-state index in [4.69, 9.17) is 17.3 Å². The highest BCUT2D eigenvalue weighted by molar-refractivity contribution is 6.34. The van der Waals surface area contributed by atoms with E-state index in [1.54, 1.807) is 0 Å². The van der Waals surface area contributed by atoms with Crippen molar-refractivity contribution in [2.24, 2.45) is 0 Å². The molecule has 1 unspecified atom stereocenters. The zero-order valence-electron chi connectivity index (χ0n) is 10.2. The maximum atomic E-state index is 6.32. The molecule has 2 aromatic carbocycles. The van der Waals surface area contributed by atoms with Crippen molar-refractivity contribution in [3.63, 3.8) is 0 Å². The van der Waals surface area contributed by atoms with E-state index < -0.39 is 0 Å². The van der Waals surface area contributed by atoms with Crippen LogP contribution >= 0.6 is 11.6 Å². The lowest BCUT2D eigenvalue weighted by Crippen LogP contribution is -2.25. The number of benzene rings is 2. The molecule has 0 bridgehead atoms. The Balaban J connectivity index is 2.18. The van der Waals surface area contributed by atoms with Gasteiger partial charge in [0.05, 0.1) is 16.4 Å². The first kappa shape index (κ1) is 11.4. The van der Waals surface area contributed by atoms with Crippen LogP contribution in [0.3, 0.4) is 0 Å². The summed E-state index contributed by atoms with van der Waals surface area (Å²) in [5.74, 6) is 0. The molecule has 2 nitrogen and oxygen atoms in total. The number of rotatable bonds is 1. The molecule has 1 aliphatic rings. The van der Waals surface area contributed by atoms with Crippen LogP contribution in [-0.2, 0) is 6.42 Å². The second-order valence-corrected chi connectivity index (χ2v) is 5.14. The minimum absolute atomic E-state index is 0.379. The summed E-state index contributed by atoms with van der Waals surface area (Å²) >= 11 is 6.32. The molecule has 1 atom stereocenters. The van der Waals surface area contributed by atoms with Gasteiger partial charge in [0.15, 0.2) is 0 Å². The summed E-state index contributed by atoms with van der Waals surface area (Å²) < 4.78 is 0. The Morgan fingerprint density at radius 2 is 1.94 bits per heavy atom. The molecule has 0 aliphatic carbocycles. The molecule has 2 aromatic rings. The lowest BCUT2D eigenvalue weighted by molar-refractivity contribution is 0.760. The molecule has 18 heavy (non-hydrogen) atoms. The Kier molecular flexibility index (Phi) is 2.67. The number of anilines is 3. The highest BCUT2D eigenvalue weighted by atomic mass is 35.5. The molecule has 0 radical (unpaired) electrons. The van der Waals surface area contributed by atoms with Crippen LogP contribution in [0.5, 0.6) is 0 Å². The number of nitrogens with two attached hydrogens (primary N) is 1. The van der Waals surface area contributed by atoms with Crippen LogP contribution in [0.2, 0.25) is 5.02 Å². The van der Waals surface area contributed by atoms with Crippen molar-refractivity contribution in [1.29, 1.82) is 0 Å². The molecular weight excluding hydrogens is 244 g/mol. The average molecular weight is 259 g/mol. The molecule has 0 saturated carbocycles. The van der Waals surface area contributed by atoms with Gasteiger partial charge in [0.25, 0.3) is 0 Å². The Bertz CT molecular complexity index is 575. The van der Waals surface area contributed by atoms with Gasteiger partial charge < -0.3 is 10.6 Å². The van der Waals surface area contributed by atoms with Crippen molar-refractivity contribution < 1.29 is 0 Å². The zero-order valence-corrected chi connectivity index (χ0v) is 11.0. The second-order valence-electron chi connectivity index (χ2n) is 4.73. The van der Waals surface area contributed by atoms with Gasteiger partial charge in [-0.15, -0.1) is 0 Å². The molecule has 0 aromatic heterocycles. The van der Waals surface area contributed by atoms with Gasteiger partial charge in [0, 0.05) is 11.7 Å². The minimum atomic E-state index is 0.379. The SMILES string of the molecule is CC1Cc2ccccc2N1c1c(N)cccc1Cl. The van der Waals surface area contributed by atoms with Gasteiger partial charge in [-0.2, -0.15) is 0 Å². The van der Waals surface area contributed by atoms with E-state index >= 15 is 0 Å². The standard InChI is InChI=1S/C15H15ClN2/c1-10-9-11-5-2-3-8-14(11)18(10)15-12(16)6-4-7-13(15)17/h2-8,10H,9,17H2,1H3. The zero-order chi connectivity index (χ0) is 12.7. The molecule has 0 spiro atoms. The fourth-order valence-electron chi connectivity index (χ4n) is 2.69. The Labute approximate surface area is 112 Å². The van der Waals surface area contributed by atoms with Gasteiger partial charge in [-0.05, 0) is 37.1 Å². The first-order valence-electron chi connectivity index (χ1n) is 6.09. The number of halogens is 1. The van der Waals surface area contributed by atoms with Gasteiger partial charge in [-0.3, -0.25) is 0 Å². The third-order valence-corrected chi connectivity index (χ3v) is 3.77. The van der Waals surface area contributed by atoms with E-state index in [9.17, 15) is 0 Å². The smallest absolute Gasteiger partial charge is 0.0836 e. The van der Waals surface area contributed by atoms with Crippen molar-refractivity contribution in [1.82, 2.24) is 0 Å². The van der Waals surface area contributed by atoms with Gasteiger partial charge in [0.1, 0.15) is 0 Å². The fraction of sp³-hybridized carbons (Fsp3) is 0.200. The molecule has 1 heterocycles. The van der Waals surface area contributed by atoms with E-state index in [1.807, 2.05) is 18.2 Å². The van der Waals surface area contributed by atoms with Crippen LogP contribution < -0.4 is 10.6 Å².